The molecular formula is C13H19N. The zero-order valence-corrected chi connectivity index (χ0v) is 9.09. The van der Waals surface area contributed by atoms with Gasteiger partial charge in [0.1, 0.15) is 0 Å². The first-order valence-electron chi connectivity index (χ1n) is 5.60. The topological polar surface area (TPSA) is 12.0 Å². The van der Waals surface area contributed by atoms with E-state index in [1.807, 2.05) is 0 Å². The Kier molecular flexibility index (Phi) is 2.87. The van der Waals surface area contributed by atoms with Crippen molar-refractivity contribution in [1.29, 1.82) is 0 Å². The smallest absolute Gasteiger partial charge is 0.00786 e. The Labute approximate surface area is 86.5 Å². The molecule has 0 saturated heterocycles. The van der Waals surface area contributed by atoms with Crippen LogP contribution in [0.15, 0.2) is 24.3 Å². The minimum Gasteiger partial charge on any atom is -0.314 e. The molecule has 0 amide bonds. The van der Waals surface area contributed by atoms with Crippen LogP contribution in [0.1, 0.15) is 36.8 Å². The van der Waals surface area contributed by atoms with Crippen LogP contribution < -0.4 is 5.32 Å². The minimum atomic E-state index is 0.768. The van der Waals surface area contributed by atoms with Gasteiger partial charge in [0.15, 0.2) is 0 Å². The quantitative estimate of drug-likeness (QED) is 0.771. The zero-order valence-electron chi connectivity index (χ0n) is 9.09. The van der Waals surface area contributed by atoms with Gasteiger partial charge in [0.2, 0.25) is 0 Å². The van der Waals surface area contributed by atoms with Gasteiger partial charge in [0.25, 0.3) is 0 Å². The van der Waals surface area contributed by atoms with Crippen molar-refractivity contribution in [2.75, 3.05) is 6.54 Å². The van der Waals surface area contributed by atoms with E-state index in [1.54, 1.807) is 5.56 Å². The average molecular weight is 189 g/mol. The van der Waals surface area contributed by atoms with Crippen LogP contribution in [-0.4, -0.2) is 12.6 Å². The lowest BCUT2D eigenvalue weighted by Crippen LogP contribution is -2.40. The van der Waals surface area contributed by atoms with Crippen LogP contribution in [0.2, 0.25) is 0 Å². The van der Waals surface area contributed by atoms with Crippen LogP contribution in [-0.2, 0) is 0 Å². The van der Waals surface area contributed by atoms with E-state index in [2.05, 4.69) is 43.4 Å². The molecule has 0 bridgehead atoms. The third kappa shape index (κ3) is 1.83. The summed E-state index contributed by atoms with van der Waals surface area (Å²) in [5.74, 6) is 0.806. The Morgan fingerprint density at radius 2 is 2.00 bits per heavy atom. The molecule has 0 aliphatic heterocycles. The van der Waals surface area contributed by atoms with Gasteiger partial charge in [-0.25, -0.2) is 0 Å². The van der Waals surface area contributed by atoms with Gasteiger partial charge in [0.05, 0.1) is 0 Å². The molecule has 14 heavy (non-hydrogen) atoms. The number of hydrogen-bond acceptors (Lipinski definition) is 1. The molecule has 1 aliphatic carbocycles. The fourth-order valence-electron chi connectivity index (χ4n) is 2.37. The lowest BCUT2D eigenvalue weighted by Gasteiger charge is -2.37. The molecule has 1 aromatic rings. The van der Waals surface area contributed by atoms with E-state index in [0.29, 0.717) is 0 Å². The summed E-state index contributed by atoms with van der Waals surface area (Å²) in [6.45, 7) is 5.50. The van der Waals surface area contributed by atoms with Crippen LogP contribution in [0.3, 0.4) is 0 Å². The van der Waals surface area contributed by atoms with Gasteiger partial charge in [-0.15, -0.1) is 0 Å². The molecule has 0 aromatic heterocycles. The minimum absolute atomic E-state index is 0.768. The van der Waals surface area contributed by atoms with Crippen LogP contribution in [0.25, 0.3) is 0 Å². The van der Waals surface area contributed by atoms with Crippen molar-refractivity contribution in [2.45, 2.75) is 38.6 Å². The van der Waals surface area contributed by atoms with Crippen molar-refractivity contribution in [3.05, 3.63) is 35.4 Å². The summed E-state index contributed by atoms with van der Waals surface area (Å²) in [5.41, 5.74) is 3.01. The van der Waals surface area contributed by atoms with Crippen molar-refractivity contribution >= 4 is 0 Å². The molecule has 1 N–H and O–H groups in total. The maximum atomic E-state index is 3.50. The van der Waals surface area contributed by atoms with Crippen LogP contribution >= 0.6 is 0 Å². The van der Waals surface area contributed by atoms with Gasteiger partial charge in [-0.05, 0) is 43.4 Å². The second kappa shape index (κ2) is 4.14. The van der Waals surface area contributed by atoms with E-state index in [0.717, 1.165) is 18.5 Å². The zero-order chi connectivity index (χ0) is 9.97. The first kappa shape index (κ1) is 9.72. The maximum Gasteiger partial charge on any atom is 0.00786 e. The number of nitrogens with one attached hydrogen (secondary N) is 1. The van der Waals surface area contributed by atoms with Crippen LogP contribution in [0.5, 0.6) is 0 Å². The molecule has 0 radical (unpaired) electrons. The van der Waals surface area contributed by atoms with Gasteiger partial charge in [0, 0.05) is 6.04 Å². The third-order valence-electron chi connectivity index (χ3n) is 3.26. The summed E-state index contributed by atoms with van der Waals surface area (Å²) in [4.78, 5) is 0. The number of benzene rings is 1. The van der Waals surface area contributed by atoms with E-state index < -0.39 is 0 Å². The van der Waals surface area contributed by atoms with Crippen molar-refractivity contribution in [3.8, 4) is 0 Å². The Bertz CT molecular complexity index is 300. The highest BCUT2D eigenvalue weighted by atomic mass is 14.9. The van der Waals surface area contributed by atoms with Gasteiger partial charge in [-0.2, -0.15) is 0 Å². The molecule has 1 fully saturated rings. The average Bonchev–Trinajstić information content (AvgIpc) is 2.12. The highest BCUT2D eigenvalue weighted by Crippen LogP contribution is 2.37. The predicted octanol–water partition coefficient (Wildman–Crippen LogP) is 2.85. The van der Waals surface area contributed by atoms with Crippen molar-refractivity contribution in [3.63, 3.8) is 0 Å². The highest BCUT2D eigenvalue weighted by Gasteiger charge is 2.29. The van der Waals surface area contributed by atoms with E-state index in [-0.39, 0.29) is 0 Å². The van der Waals surface area contributed by atoms with Crippen LogP contribution in [0.4, 0.5) is 0 Å². The Balaban J connectivity index is 1.96. The summed E-state index contributed by atoms with van der Waals surface area (Å²) in [6, 6.07) is 9.55. The van der Waals surface area contributed by atoms with Crippen molar-refractivity contribution in [1.82, 2.24) is 5.32 Å². The number of hydrogen-bond donors (Lipinski definition) is 1. The van der Waals surface area contributed by atoms with Gasteiger partial charge >= 0.3 is 0 Å². The molecule has 0 atom stereocenters. The maximum absolute atomic E-state index is 3.50. The Morgan fingerprint density at radius 3 is 2.64 bits per heavy atom. The fourth-order valence-corrected chi connectivity index (χ4v) is 2.37. The Hall–Kier alpha value is -0.820. The first-order valence-corrected chi connectivity index (χ1v) is 5.60. The lowest BCUT2D eigenvalue weighted by molar-refractivity contribution is 0.295. The molecule has 1 aliphatic rings. The molecule has 1 aromatic carbocycles. The van der Waals surface area contributed by atoms with Gasteiger partial charge in [-0.3, -0.25) is 0 Å². The largest absolute Gasteiger partial charge is 0.314 e. The standard InChI is InChI=1S/C13H19N/c1-3-14-12-8-11(9-12)13-7-5-4-6-10(13)2/h4-7,11-12,14H,3,8-9H2,1-2H3. The molecule has 76 valence electrons. The monoisotopic (exact) mass is 189 g/mol. The summed E-state index contributed by atoms with van der Waals surface area (Å²) < 4.78 is 0. The summed E-state index contributed by atoms with van der Waals surface area (Å²) in [6.07, 6.45) is 2.64. The van der Waals surface area contributed by atoms with E-state index in [4.69, 9.17) is 0 Å². The normalized spacial score (nSPS) is 25.9. The molecule has 1 heteroatoms. The SMILES string of the molecule is CCNC1CC(c2ccccc2C)C1. The highest BCUT2D eigenvalue weighted by molar-refractivity contribution is 5.31. The molecule has 2 rings (SSSR count). The molecule has 1 saturated carbocycles. The third-order valence-corrected chi connectivity index (χ3v) is 3.26. The molecule has 0 heterocycles. The van der Waals surface area contributed by atoms with E-state index in [9.17, 15) is 0 Å². The number of aryl methyl sites for hydroxylation is 1. The second-order valence-electron chi connectivity index (χ2n) is 4.28. The van der Waals surface area contributed by atoms with Crippen molar-refractivity contribution < 1.29 is 0 Å². The van der Waals surface area contributed by atoms with Crippen molar-refractivity contribution in [2.24, 2.45) is 0 Å². The second-order valence-corrected chi connectivity index (χ2v) is 4.28. The molecular weight excluding hydrogens is 170 g/mol. The summed E-state index contributed by atoms with van der Waals surface area (Å²) in [5, 5.41) is 3.50. The van der Waals surface area contributed by atoms with Crippen LogP contribution in [0, 0.1) is 6.92 Å². The predicted molar refractivity (Wildman–Crippen MR) is 60.6 cm³/mol. The molecule has 0 spiro atoms. The summed E-state index contributed by atoms with van der Waals surface area (Å²) in [7, 11) is 0. The molecule has 1 nitrogen and oxygen atoms in total. The fraction of sp³-hybridized carbons (Fsp3) is 0.538. The van der Waals surface area contributed by atoms with E-state index in [1.165, 1.54) is 18.4 Å². The first-order chi connectivity index (χ1) is 6.81. The van der Waals surface area contributed by atoms with Gasteiger partial charge in [-0.1, -0.05) is 31.2 Å². The Morgan fingerprint density at radius 1 is 1.29 bits per heavy atom. The molecule has 0 unspecified atom stereocenters. The number of rotatable bonds is 3. The van der Waals surface area contributed by atoms with Gasteiger partial charge < -0.3 is 5.32 Å². The lowest BCUT2D eigenvalue weighted by atomic mass is 9.74. The summed E-state index contributed by atoms with van der Waals surface area (Å²) >= 11 is 0. The van der Waals surface area contributed by atoms with E-state index >= 15 is 0 Å².